The van der Waals surface area contributed by atoms with Crippen LogP contribution in [0.3, 0.4) is 0 Å². The molecule has 2 aliphatic heterocycles. The van der Waals surface area contributed by atoms with Gasteiger partial charge in [-0.3, -0.25) is 4.90 Å². The Bertz CT molecular complexity index is 799. The lowest BCUT2D eigenvalue weighted by molar-refractivity contribution is 0.00578. The predicted molar refractivity (Wildman–Crippen MR) is 109 cm³/mol. The Labute approximate surface area is 162 Å². The molecule has 6 heteroatoms. The van der Waals surface area contributed by atoms with Crippen LogP contribution in [0.5, 0.6) is 0 Å². The molecule has 0 bridgehead atoms. The first-order valence-corrected chi connectivity index (χ1v) is 9.88. The summed E-state index contributed by atoms with van der Waals surface area (Å²) < 4.78 is 12.3. The lowest BCUT2D eigenvalue weighted by Gasteiger charge is -2.32. The van der Waals surface area contributed by atoms with E-state index in [0.29, 0.717) is 12.0 Å². The van der Waals surface area contributed by atoms with Crippen LogP contribution in [0.15, 0.2) is 30.5 Å². The molecule has 2 aliphatic rings. The van der Waals surface area contributed by atoms with E-state index in [9.17, 15) is 0 Å². The Morgan fingerprint density at radius 2 is 1.74 bits per heavy atom. The molecule has 2 atom stereocenters. The number of likely N-dealkylation sites (tertiary alicyclic amines) is 1. The maximum absolute atomic E-state index is 6.14. The van der Waals surface area contributed by atoms with E-state index in [2.05, 4.69) is 75.8 Å². The van der Waals surface area contributed by atoms with Gasteiger partial charge in [0.1, 0.15) is 5.82 Å². The number of aromatic amines is 1. The first kappa shape index (κ1) is 18.7. The van der Waals surface area contributed by atoms with E-state index in [1.807, 2.05) is 6.20 Å². The van der Waals surface area contributed by atoms with Gasteiger partial charge in [0.2, 0.25) is 0 Å². The van der Waals surface area contributed by atoms with Crippen LogP contribution < -0.4 is 5.46 Å². The molecule has 0 aliphatic carbocycles. The number of rotatable bonds is 3. The summed E-state index contributed by atoms with van der Waals surface area (Å²) in [6, 6.07) is 8.74. The van der Waals surface area contributed by atoms with Crippen molar-refractivity contribution in [1.82, 2.24) is 14.9 Å². The highest BCUT2D eigenvalue weighted by Gasteiger charge is 2.51. The normalized spacial score (nSPS) is 27.4. The minimum Gasteiger partial charge on any atom is -0.399 e. The van der Waals surface area contributed by atoms with Crippen molar-refractivity contribution in [1.29, 1.82) is 0 Å². The molecule has 2 fully saturated rings. The van der Waals surface area contributed by atoms with Gasteiger partial charge in [-0.2, -0.15) is 0 Å². The molecular formula is C21H30BN3O2. The van der Waals surface area contributed by atoms with E-state index in [1.54, 1.807) is 0 Å². The second-order valence-electron chi connectivity index (χ2n) is 9.18. The number of imidazole rings is 1. The van der Waals surface area contributed by atoms with Crippen molar-refractivity contribution in [3.63, 3.8) is 0 Å². The third-order valence-electron chi connectivity index (χ3n) is 6.40. The summed E-state index contributed by atoms with van der Waals surface area (Å²) in [5.74, 6) is 1.78. The smallest absolute Gasteiger partial charge is 0.399 e. The van der Waals surface area contributed by atoms with Gasteiger partial charge in [-0.1, -0.05) is 31.2 Å². The number of hydrogen-bond donors (Lipinski definition) is 1. The van der Waals surface area contributed by atoms with Gasteiger partial charge in [0.05, 0.1) is 22.9 Å². The molecule has 2 saturated heterocycles. The minimum atomic E-state index is -0.326. The molecular weight excluding hydrogens is 337 g/mol. The van der Waals surface area contributed by atoms with Crippen LogP contribution in [-0.2, 0) is 9.31 Å². The molecule has 0 amide bonds. The summed E-state index contributed by atoms with van der Waals surface area (Å²) in [6.07, 6.45) is 3.17. The molecule has 27 heavy (non-hydrogen) atoms. The SMILES string of the molecule is C[C@@H]1C[C@@H](c2nc(-c3ccc(B4OC(C)(C)C(C)(C)O4)cc3)c[nH]2)N(C)C1. The number of nitrogens with zero attached hydrogens (tertiary/aromatic N) is 2. The third-order valence-corrected chi connectivity index (χ3v) is 6.40. The molecule has 5 nitrogen and oxygen atoms in total. The zero-order valence-electron chi connectivity index (χ0n) is 17.2. The minimum absolute atomic E-state index is 0.322. The van der Waals surface area contributed by atoms with Crippen LogP contribution >= 0.6 is 0 Å². The van der Waals surface area contributed by atoms with Crippen molar-refractivity contribution >= 4 is 12.6 Å². The molecule has 2 aromatic rings. The fraction of sp³-hybridized carbons (Fsp3) is 0.571. The van der Waals surface area contributed by atoms with Crippen molar-refractivity contribution in [2.75, 3.05) is 13.6 Å². The van der Waals surface area contributed by atoms with E-state index < -0.39 is 0 Å². The second kappa shape index (κ2) is 6.47. The molecule has 0 saturated carbocycles. The monoisotopic (exact) mass is 367 g/mol. The van der Waals surface area contributed by atoms with E-state index >= 15 is 0 Å². The topological polar surface area (TPSA) is 50.4 Å². The Kier molecular flexibility index (Phi) is 4.49. The summed E-state index contributed by atoms with van der Waals surface area (Å²) in [6.45, 7) is 11.7. The van der Waals surface area contributed by atoms with Gasteiger partial charge in [0.15, 0.2) is 0 Å². The lowest BCUT2D eigenvalue weighted by Crippen LogP contribution is -2.41. The maximum atomic E-state index is 6.14. The number of benzene rings is 1. The summed E-state index contributed by atoms with van der Waals surface area (Å²) in [7, 11) is 1.85. The van der Waals surface area contributed by atoms with E-state index in [-0.39, 0.29) is 18.3 Å². The quantitative estimate of drug-likeness (QED) is 0.845. The second-order valence-corrected chi connectivity index (χ2v) is 9.18. The predicted octanol–water partition coefficient (Wildman–Crippen LogP) is 3.39. The number of hydrogen-bond acceptors (Lipinski definition) is 4. The number of nitrogens with one attached hydrogen (secondary N) is 1. The van der Waals surface area contributed by atoms with Crippen molar-refractivity contribution in [2.24, 2.45) is 5.92 Å². The van der Waals surface area contributed by atoms with Crippen LogP contribution in [0.2, 0.25) is 0 Å². The molecule has 1 aromatic heterocycles. The van der Waals surface area contributed by atoms with Gasteiger partial charge in [-0.05, 0) is 52.5 Å². The fourth-order valence-electron chi connectivity index (χ4n) is 4.02. The highest BCUT2D eigenvalue weighted by molar-refractivity contribution is 6.62. The van der Waals surface area contributed by atoms with Crippen molar-refractivity contribution in [3.8, 4) is 11.3 Å². The van der Waals surface area contributed by atoms with Crippen LogP contribution in [0.1, 0.15) is 52.9 Å². The van der Waals surface area contributed by atoms with Gasteiger partial charge in [0.25, 0.3) is 0 Å². The van der Waals surface area contributed by atoms with Crippen LogP contribution in [0.25, 0.3) is 11.3 Å². The van der Waals surface area contributed by atoms with Crippen molar-refractivity contribution < 1.29 is 9.31 Å². The molecule has 1 aromatic carbocycles. The Balaban J connectivity index is 1.51. The summed E-state index contributed by atoms with van der Waals surface area (Å²) in [4.78, 5) is 10.6. The highest BCUT2D eigenvalue weighted by Crippen LogP contribution is 2.37. The number of H-pyrrole nitrogens is 1. The van der Waals surface area contributed by atoms with E-state index in [1.165, 1.54) is 0 Å². The van der Waals surface area contributed by atoms with Gasteiger partial charge < -0.3 is 14.3 Å². The zero-order chi connectivity index (χ0) is 19.4. The third kappa shape index (κ3) is 3.35. The fourth-order valence-corrected chi connectivity index (χ4v) is 4.02. The maximum Gasteiger partial charge on any atom is 0.494 e. The molecule has 0 radical (unpaired) electrons. The van der Waals surface area contributed by atoms with Crippen molar-refractivity contribution in [2.45, 2.75) is 58.3 Å². The average Bonchev–Trinajstić information content (AvgIpc) is 3.25. The van der Waals surface area contributed by atoms with E-state index in [0.717, 1.165) is 35.5 Å². The van der Waals surface area contributed by atoms with Gasteiger partial charge in [0, 0.05) is 18.3 Å². The van der Waals surface area contributed by atoms with E-state index in [4.69, 9.17) is 14.3 Å². The first-order chi connectivity index (χ1) is 12.7. The molecule has 144 valence electrons. The highest BCUT2D eigenvalue weighted by atomic mass is 16.7. The largest absolute Gasteiger partial charge is 0.494 e. The van der Waals surface area contributed by atoms with Gasteiger partial charge in [-0.25, -0.2) is 4.98 Å². The molecule has 0 unspecified atom stereocenters. The number of aromatic nitrogens is 2. The van der Waals surface area contributed by atoms with Gasteiger partial charge in [-0.15, -0.1) is 0 Å². The summed E-state index contributed by atoms with van der Waals surface area (Å²) in [5.41, 5.74) is 2.48. The summed E-state index contributed by atoms with van der Waals surface area (Å²) >= 11 is 0. The Morgan fingerprint density at radius 3 is 2.30 bits per heavy atom. The van der Waals surface area contributed by atoms with Crippen LogP contribution in [0.4, 0.5) is 0 Å². The Morgan fingerprint density at radius 1 is 1.11 bits per heavy atom. The zero-order valence-corrected chi connectivity index (χ0v) is 17.2. The average molecular weight is 367 g/mol. The molecule has 3 heterocycles. The summed E-state index contributed by atoms with van der Waals surface area (Å²) in [5, 5.41) is 0. The first-order valence-electron chi connectivity index (χ1n) is 9.88. The standard InChI is InChI=1S/C21H30BN3O2/c1-14-11-18(25(6)13-14)19-23-12-17(24-19)15-7-9-16(10-8-15)22-26-20(2,3)21(4,5)27-22/h7-10,12,14,18H,11,13H2,1-6H3,(H,23,24)/t14-,18+/m1/s1. The van der Waals surface area contributed by atoms with Crippen LogP contribution in [0, 0.1) is 5.92 Å². The van der Waals surface area contributed by atoms with Crippen LogP contribution in [-0.4, -0.2) is 46.8 Å². The Hall–Kier alpha value is -1.63. The molecule has 1 N–H and O–H groups in total. The van der Waals surface area contributed by atoms with Crippen molar-refractivity contribution in [3.05, 3.63) is 36.3 Å². The van der Waals surface area contributed by atoms with Gasteiger partial charge >= 0.3 is 7.12 Å². The molecule has 0 spiro atoms. The lowest BCUT2D eigenvalue weighted by atomic mass is 9.79. The molecule has 4 rings (SSSR count).